The summed E-state index contributed by atoms with van der Waals surface area (Å²) < 4.78 is 4.82. The molecule has 0 atom stereocenters. The zero-order valence-corrected chi connectivity index (χ0v) is 12.1. The Bertz CT molecular complexity index is 642. The van der Waals surface area contributed by atoms with E-state index in [1.807, 2.05) is 0 Å². The Morgan fingerprint density at radius 1 is 1.40 bits per heavy atom. The van der Waals surface area contributed by atoms with Gasteiger partial charge in [0.05, 0.1) is 17.2 Å². The first-order valence-electron chi connectivity index (χ1n) is 5.80. The lowest BCUT2D eigenvalue weighted by atomic mass is 10.2. The lowest BCUT2D eigenvalue weighted by Gasteiger charge is -2.03. The Labute approximate surface area is 124 Å². The van der Waals surface area contributed by atoms with Gasteiger partial charge in [-0.3, -0.25) is 10.1 Å². The summed E-state index contributed by atoms with van der Waals surface area (Å²) in [5, 5.41) is 4.79. The van der Waals surface area contributed by atoms with E-state index >= 15 is 0 Å². The smallest absolute Gasteiger partial charge is 0.357 e. The molecule has 0 spiro atoms. The van der Waals surface area contributed by atoms with Crippen LogP contribution >= 0.6 is 22.9 Å². The number of hydrogen-bond acceptors (Lipinski definition) is 5. The van der Waals surface area contributed by atoms with Gasteiger partial charge in [0.15, 0.2) is 10.8 Å². The van der Waals surface area contributed by atoms with Crippen LogP contribution in [0.15, 0.2) is 29.6 Å². The van der Waals surface area contributed by atoms with Crippen molar-refractivity contribution in [2.45, 2.75) is 6.92 Å². The summed E-state index contributed by atoms with van der Waals surface area (Å²) in [6.45, 7) is 1.99. The summed E-state index contributed by atoms with van der Waals surface area (Å²) >= 11 is 7.08. The predicted molar refractivity (Wildman–Crippen MR) is 77.5 cm³/mol. The SMILES string of the molecule is CCOC(=O)c1csc(NC(=O)c2ccccc2Cl)n1. The van der Waals surface area contributed by atoms with Crippen molar-refractivity contribution in [1.82, 2.24) is 4.98 Å². The molecule has 104 valence electrons. The van der Waals surface area contributed by atoms with Crippen molar-refractivity contribution < 1.29 is 14.3 Å². The third-order valence-electron chi connectivity index (χ3n) is 2.33. The van der Waals surface area contributed by atoms with Crippen LogP contribution in [0.5, 0.6) is 0 Å². The van der Waals surface area contributed by atoms with Gasteiger partial charge in [-0.05, 0) is 19.1 Å². The molecule has 0 radical (unpaired) electrons. The summed E-state index contributed by atoms with van der Waals surface area (Å²) in [6, 6.07) is 6.69. The highest BCUT2D eigenvalue weighted by atomic mass is 35.5. The summed E-state index contributed by atoms with van der Waals surface area (Å²) in [7, 11) is 0. The number of rotatable bonds is 4. The van der Waals surface area contributed by atoms with Crippen LogP contribution in [-0.4, -0.2) is 23.5 Å². The molecular weight excluding hydrogens is 300 g/mol. The zero-order valence-electron chi connectivity index (χ0n) is 10.6. The molecule has 0 aliphatic heterocycles. The molecule has 1 amide bonds. The molecule has 1 heterocycles. The van der Waals surface area contributed by atoms with Crippen LogP contribution in [0.4, 0.5) is 5.13 Å². The molecule has 0 saturated heterocycles. The fraction of sp³-hybridized carbons (Fsp3) is 0.154. The highest BCUT2D eigenvalue weighted by Crippen LogP contribution is 2.20. The average molecular weight is 311 g/mol. The predicted octanol–water partition coefficient (Wildman–Crippen LogP) is 3.23. The zero-order chi connectivity index (χ0) is 14.5. The van der Waals surface area contributed by atoms with E-state index in [1.54, 1.807) is 31.2 Å². The normalized spacial score (nSPS) is 10.1. The highest BCUT2D eigenvalue weighted by molar-refractivity contribution is 7.14. The molecule has 0 aliphatic carbocycles. The maximum Gasteiger partial charge on any atom is 0.357 e. The van der Waals surface area contributed by atoms with Gasteiger partial charge in [-0.25, -0.2) is 9.78 Å². The largest absolute Gasteiger partial charge is 0.461 e. The average Bonchev–Trinajstić information content (AvgIpc) is 2.88. The minimum Gasteiger partial charge on any atom is -0.461 e. The lowest BCUT2D eigenvalue weighted by molar-refractivity contribution is 0.0520. The van der Waals surface area contributed by atoms with Crippen molar-refractivity contribution in [3.63, 3.8) is 0 Å². The molecular formula is C13H11ClN2O3S. The monoisotopic (exact) mass is 310 g/mol. The number of nitrogens with zero attached hydrogens (tertiary/aromatic N) is 1. The van der Waals surface area contributed by atoms with E-state index in [9.17, 15) is 9.59 Å². The van der Waals surface area contributed by atoms with Crippen molar-refractivity contribution >= 4 is 39.9 Å². The first-order valence-corrected chi connectivity index (χ1v) is 7.06. The van der Waals surface area contributed by atoms with Crippen LogP contribution in [0.1, 0.15) is 27.8 Å². The van der Waals surface area contributed by atoms with Crippen molar-refractivity contribution in [2.24, 2.45) is 0 Å². The number of halogens is 1. The Kier molecular flexibility index (Phi) is 4.70. The maximum absolute atomic E-state index is 12.0. The third-order valence-corrected chi connectivity index (χ3v) is 3.42. The van der Waals surface area contributed by atoms with Crippen LogP contribution in [0.2, 0.25) is 5.02 Å². The molecule has 7 heteroatoms. The Morgan fingerprint density at radius 2 is 2.15 bits per heavy atom. The van der Waals surface area contributed by atoms with E-state index in [0.717, 1.165) is 11.3 Å². The summed E-state index contributed by atoms with van der Waals surface area (Å²) in [5.41, 5.74) is 0.522. The Morgan fingerprint density at radius 3 is 2.85 bits per heavy atom. The van der Waals surface area contributed by atoms with Crippen LogP contribution in [-0.2, 0) is 4.74 Å². The van der Waals surface area contributed by atoms with E-state index in [4.69, 9.17) is 16.3 Å². The molecule has 0 fully saturated rings. The fourth-order valence-corrected chi connectivity index (χ4v) is 2.34. The van der Waals surface area contributed by atoms with Gasteiger partial charge < -0.3 is 4.74 Å². The van der Waals surface area contributed by atoms with Crippen molar-refractivity contribution in [3.8, 4) is 0 Å². The van der Waals surface area contributed by atoms with E-state index in [1.165, 1.54) is 5.38 Å². The fourth-order valence-electron chi connectivity index (χ4n) is 1.44. The maximum atomic E-state index is 12.0. The van der Waals surface area contributed by atoms with E-state index in [-0.39, 0.29) is 18.2 Å². The number of nitrogens with one attached hydrogen (secondary N) is 1. The van der Waals surface area contributed by atoms with Gasteiger partial charge in [0.25, 0.3) is 5.91 Å². The van der Waals surface area contributed by atoms with Crippen LogP contribution < -0.4 is 5.32 Å². The quantitative estimate of drug-likeness (QED) is 0.880. The lowest BCUT2D eigenvalue weighted by Crippen LogP contribution is -2.12. The standard InChI is InChI=1S/C13H11ClN2O3S/c1-2-19-12(18)10-7-20-13(15-10)16-11(17)8-5-3-4-6-9(8)14/h3-7H,2H2,1H3,(H,15,16,17). The Hall–Kier alpha value is -1.92. The molecule has 1 aromatic carbocycles. The van der Waals surface area contributed by atoms with Gasteiger partial charge in [0.2, 0.25) is 0 Å². The van der Waals surface area contributed by atoms with Gasteiger partial charge in [0.1, 0.15) is 0 Å². The number of thiazole rings is 1. The molecule has 1 aromatic heterocycles. The van der Waals surface area contributed by atoms with E-state index < -0.39 is 5.97 Å². The molecule has 5 nitrogen and oxygen atoms in total. The molecule has 0 aliphatic rings. The number of esters is 1. The van der Waals surface area contributed by atoms with Crippen LogP contribution in [0, 0.1) is 0 Å². The number of anilines is 1. The molecule has 1 N–H and O–H groups in total. The van der Waals surface area contributed by atoms with E-state index in [0.29, 0.717) is 15.7 Å². The van der Waals surface area contributed by atoms with Gasteiger partial charge >= 0.3 is 5.97 Å². The molecule has 0 bridgehead atoms. The van der Waals surface area contributed by atoms with Crippen molar-refractivity contribution in [2.75, 3.05) is 11.9 Å². The van der Waals surface area contributed by atoms with Crippen LogP contribution in [0.25, 0.3) is 0 Å². The minimum atomic E-state index is -0.512. The second-order valence-electron chi connectivity index (χ2n) is 3.69. The number of benzene rings is 1. The van der Waals surface area contributed by atoms with Gasteiger partial charge in [0, 0.05) is 5.38 Å². The topological polar surface area (TPSA) is 68.3 Å². The van der Waals surface area contributed by atoms with Crippen molar-refractivity contribution in [3.05, 3.63) is 45.9 Å². The van der Waals surface area contributed by atoms with Crippen molar-refractivity contribution in [1.29, 1.82) is 0 Å². The minimum absolute atomic E-state index is 0.173. The number of amides is 1. The van der Waals surface area contributed by atoms with E-state index in [2.05, 4.69) is 10.3 Å². The molecule has 2 rings (SSSR count). The first-order chi connectivity index (χ1) is 9.61. The second kappa shape index (κ2) is 6.49. The van der Waals surface area contributed by atoms with Crippen LogP contribution in [0.3, 0.4) is 0 Å². The number of hydrogen-bond donors (Lipinski definition) is 1. The number of ether oxygens (including phenoxy) is 1. The number of aromatic nitrogens is 1. The summed E-state index contributed by atoms with van der Waals surface area (Å²) in [5.74, 6) is -0.887. The molecule has 0 saturated carbocycles. The molecule has 2 aromatic rings. The first kappa shape index (κ1) is 14.5. The highest BCUT2D eigenvalue weighted by Gasteiger charge is 2.15. The molecule has 20 heavy (non-hydrogen) atoms. The summed E-state index contributed by atoms with van der Waals surface area (Å²) in [6.07, 6.45) is 0. The Balaban J connectivity index is 2.09. The summed E-state index contributed by atoms with van der Waals surface area (Å²) in [4.78, 5) is 27.4. The third kappa shape index (κ3) is 3.34. The van der Waals surface area contributed by atoms with Gasteiger partial charge in [-0.15, -0.1) is 11.3 Å². The number of carbonyl (C=O) groups excluding carboxylic acids is 2. The number of carbonyl (C=O) groups is 2. The van der Waals surface area contributed by atoms with Gasteiger partial charge in [-0.2, -0.15) is 0 Å². The molecule has 0 unspecified atom stereocenters. The second-order valence-corrected chi connectivity index (χ2v) is 4.96. The van der Waals surface area contributed by atoms with Gasteiger partial charge in [-0.1, -0.05) is 23.7 Å².